The van der Waals surface area contributed by atoms with E-state index in [1.54, 1.807) is 6.07 Å². The summed E-state index contributed by atoms with van der Waals surface area (Å²) in [4.78, 5) is 13.5. The Morgan fingerprint density at radius 1 is 1.09 bits per heavy atom. The summed E-state index contributed by atoms with van der Waals surface area (Å²) in [6.45, 7) is 4.17. The van der Waals surface area contributed by atoms with Gasteiger partial charge in [0.25, 0.3) is 5.56 Å². The highest BCUT2D eigenvalue weighted by Crippen LogP contribution is 2.18. The standard InChI is InChI=1S/C18H25N3O2/c22-18-13-16(19-20-18)7-1-4-11-23-17-8-5-6-15(12-17)14-21-9-2-3-10-21/h5-6,8,12-13H,1-4,7,9-11,14H2,(H2,19,20,22). The van der Waals surface area contributed by atoms with Gasteiger partial charge in [0.15, 0.2) is 0 Å². The largest absolute Gasteiger partial charge is 0.494 e. The fraction of sp³-hybridized carbons (Fsp3) is 0.500. The summed E-state index contributed by atoms with van der Waals surface area (Å²) in [5.41, 5.74) is 2.22. The van der Waals surface area contributed by atoms with E-state index >= 15 is 0 Å². The first-order chi connectivity index (χ1) is 11.3. The first kappa shape index (κ1) is 15.9. The van der Waals surface area contributed by atoms with E-state index in [9.17, 15) is 4.79 Å². The molecular formula is C18H25N3O2. The van der Waals surface area contributed by atoms with Crippen LogP contribution in [0.4, 0.5) is 0 Å². The monoisotopic (exact) mass is 315 g/mol. The summed E-state index contributed by atoms with van der Waals surface area (Å²) < 4.78 is 5.86. The molecule has 5 nitrogen and oxygen atoms in total. The topological polar surface area (TPSA) is 61.1 Å². The van der Waals surface area contributed by atoms with Crippen LogP contribution < -0.4 is 10.3 Å². The van der Waals surface area contributed by atoms with Crippen LogP contribution >= 0.6 is 0 Å². The van der Waals surface area contributed by atoms with Gasteiger partial charge in [0.2, 0.25) is 0 Å². The fourth-order valence-electron chi connectivity index (χ4n) is 3.05. The Bertz CT molecular complexity index is 656. The molecule has 1 aromatic heterocycles. The molecule has 2 heterocycles. The van der Waals surface area contributed by atoms with Crippen molar-refractivity contribution in [2.75, 3.05) is 19.7 Å². The van der Waals surface area contributed by atoms with Crippen LogP contribution in [-0.4, -0.2) is 34.8 Å². The number of nitrogens with one attached hydrogen (secondary N) is 2. The van der Waals surface area contributed by atoms with Gasteiger partial charge in [-0.1, -0.05) is 12.1 Å². The maximum atomic E-state index is 11.0. The van der Waals surface area contributed by atoms with Gasteiger partial charge in [-0.15, -0.1) is 0 Å². The highest BCUT2D eigenvalue weighted by Gasteiger charge is 2.11. The molecule has 0 atom stereocenters. The van der Waals surface area contributed by atoms with E-state index in [1.807, 2.05) is 6.07 Å². The molecular weight excluding hydrogens is 290 g/mol. The Morgan fingerprint density at radius 3 is 2.74 bits per heavy atom. The fourth-order valence-corrected chi connectivity index (χ4v) is 3.05. The van der Waals surface area contributed by atoms with Crippen LogP contribution in [-0.2, 0) is 13.0 Å². The van der Waals surface area contributed by atoms with Crippen molar-refractivity contribution in [2.24, 2.45) is 0 Å². The third-order valence-corrected chi connectivity index (χ3v) is 4.26. The smallest absolute Gasteiger partial charge is 0.264 e. The minimum atomic E-state index is -0.0638. The highest BCUT2D eigenvalue weighted by molar-refractivity contribution is 5.28. The molecule has 124 valence electrons. The minimum Gasteiger partial charge on any atom is -0.494 e. The molecule has 1 aliphatic rings. The van der Waals surface area contributed by atoms with Crippen LogP contribution in [0, 0.1) is 0 Å². The second kappa shape index (κ2) is 8.02. The molecule has 3 rings (SSSR count). The quantitative estimate of drug-likeness (QED) is 0.736. The van der Waals surface area contributed by atoms with E-state index < -0.39 is 0 Å². The van der Waals surface area contributed by atoms with Crippen molar-refractivity contribution in [3.8, 4) is 5.75 Å². The second-order valence-electron chi connectivity index (χ2n) is 6.22. The first-order valence-electron chi connectivity index (χ1n) is 8.50. The van der Waals surface area contributed by atoms with Gasteiger partial charge < -0.3 is 9.84 Å². The lowest BCUT2D eigenvalue weighted by molar-refractivity contribution is 0.303. The summed E-state index contributed by atoms with van der Waals surface area (Å²) in [5.74, 6) is 0.955. The minimum absolute atomic E-state index is 0.0638. The second-order valence-corrected chi connectivity index (χ2v) is 6.22. The number of H-pyrrole nitrogens is 2. The van der Waals surface area contributed by atoms with Crippen LogP contribution in [0.2, 0.25) is 0 Å². The van der Waals surface area contributed by atoms with Crippen molar-refractivity contribution < 1.29 is 4.74 Å². The Kier molecular flexibility index (Phi) is 5.53. The van der Waals surface area contributed by atoms with Crippen LogP contribution in [0.25, 0.3) is 0 Å². The van der Waals surface area contributed by atoms with Crippen molar-refractivity contribution in [1.29, 1.82) is 0 Å². The van der Waals surface area contributed by atoms with E-state index in [1.165, 1.54) is 31.5 Å². The molecule has 1 aromatic carbocycles. The van der Waals surface area contributed by atoms with Crippen molar-refractivity contribution in [3.63, 3.8) is 0 Å². The predicted octanol–water partition coefficient (Wildman–Crippen LogP) is 2.70. The number of hydrogen-bond donors (Lipinski definition) is 2. The molecule has 2 N–H and O–H groups in total. The van der Waals surface area contributed by atoms with Crippen molar-refractivity contribution >= 4 is 0 Å². The van der Waals surface area contributed by atoms with Gasteiger partial charge in [0.05, 0.1) is 6.61 Å². The molecule has 1 saturated heterocycles. The lowest BCUT2D eigenvalue weighted by atomic mass is 10.2. The van der Waals surface area contributed by atoms with Gasteiger partial charge in [-0.25, -0.2) is 0 Å². The molecule has 0 radical (unpaired) electrons. The summed E-state index contributed by atoms with van der Waals surface area (Å²) in [6.07, 6.45) is 5.49. The lowest BCUT2D eigenvalue weighted by Gasteiger charge is -2.15. The van der Waals surface area contributed by atoms with Gasteiger partial charge in [0.1, 0.15) is 5.75 Å². The molecule has 0 saturated carbocycles. The SMILES string of the molecule is O=c1cc(CCCCOc2cccc(CN3CCCC3)c2)[nH][nH]1. The molecule has 0 spiro atoms. The number of aromatic amines is 2. The van der Waals surface area contributed by atoms with Crippen LogP contribution in [0.5, 0.6) is 5.75 Å². The summed E-state index contributed by atoms with van der Waals surface area (Å²) in [7, 11) is 0. The van der Waals surface area contributed by atoms with Crippen LogP contribution in [0.15, 0.2) is 35.1 Å². The molecule has 23 heavy (non-hydrogen) atoms. The summed E-state index contributed by atoms with van der Waals surface area (Å²) >= 11 is 0. The zero-order valence-corrected chi connectivity index (χ0v) is 13.5. The number of ether oxygens (including phenoxy) is 1. The molecule has 5 heteroatoms. The zero-order chi connectivity index (χ0) is 15.9. The molecule has 1 fully saturated rings. The predicted molar refractivity (Wildman–Crippen MR) is 90.8 cm³/mol. The average molecular weight is 315 g/mol. The summed E-state index contributed by atoms with van der Waals surface area (Å²) in [5, 5.41) is 5.43. The van der Waals surface area contributed by atoms with Gasteiger partial charge in [-0.2, -0.15) is 0 Å². The molecule has 0 aliphatic carbocycles. The molecule has 1 aliphatic heterocycles. The third kappa shape index (κ3) is 4.99. The Morgan fingerprint density at radius 2 is 1.96 bits per heavy atom. The first-order valence-corrected chi connectivity index (χ1v) is 8.50. The Labute approximate surface area is 136 Å². The van der Waals surface area contributed by atoms with Crippen LogP contribution in [0.1, 0.15) is 36.9 Å². The van der Waals surface area contributed by atoms with E-state index in [0.29, 0.717) is 6.61 Å². The van der Waals surface area contributed by atoms with E-state index in [-0.39, 0.29) is 5.56 Å². The van der Waals surface area contributed by atoms with Crippen molar-refractivity contribution in [2.45, 2.75) is 38.6 Å². The van der Waals surface area contributed by atoms with Crippen molar-refractivity contribution in [3.05, 3.63) is 51.9 Å². The zero-order valence-electron chi connectivity index (χ0n) is 13.5. The Hall–Kier alpha value is -2.01. The van der Waals surface area contributed by atoms with Gasteiger partial charge in [-0.3, -0.25) is 14.8 Å². The third-order valence-electron chi connectivity index (χ3n) is 4.26. The molecule has 2 aromatic rings. The van der Waals surface area contributed by atoms with Gasteiger partial charge in [0, 0.05) is 18.3 Å². The maximum Gasteiger partial charge on any atom is 0.264 e. The van der Waals surface area contributed by atoms with Crippen molar-refractivity contribution in [1.82, 2.24) is 15.1 Å². The molecule has 0 amide bonds. The normalized spacial score (nSPS) is 15.1. The number of hydrogen-bond acceptors (Lipinski definition) is 3. The number of rotatable bonds is 8. The van der Waals surface area contributed by atoms with E-state index in [4.69, 9.17) is 4.74 Å². The van der Waals surface area contributed by atoms with Gasteiger partial charge >= 0.3 is 0 Å². The van der Waals surface area contributed by atoms with Crippen LogP contribution in [0.3, 0.4) is 0 Å². The summed E-state index contributed by atoms with van der Waals surface area (Å²) in [6, 6.07) is 10.0. The van der Waals surface area contributed by atoms with E-state index in [0.717, 1.165) is 37.3 Å². The number of likely N-dealkylation sites (tertiary alicyclic amines) is 1. The number of nitrogens with zero attached hydrogens (tertiary/aromatic N) is 1. The molecule has 0 bridgehead atoms. The highest BCUT2D eigenvalue weighted by atomic mass is 16.5. The number of unbranched alkanes of at least 4 members (excludes halogenated alkanes) is 1. The maximum absolute atomic E-state index is 11.0. The van der Waals surface area contributed by atoms with Gasteiger partial charge in [-0.05, 0) is 62.9 Å². The lowest BCUT2D eigenvalue weighted by Crippen LogP contribution is -2.18. The Balaban J connectivity index is 1.38. The number of aryl methyl sites for hydroxylation is 1. The average Bonchev–Trinajstić information content (AvgIpc) is 3.19. The van der Waals surface area contributed by atoms with E-state index in [2.05, 4.69) is 33.3 Å². The molecule has 0 unspecified atom stereocenters. The number of aromatic nitrogens is 2. The number of benzene rings is 1.